The van der Waals surface area contributed by atoms with Crippen LogP contribution >= 0.6 is 0 Å². The number of hydrogen-bond acceptors (Lipinski definition) is 3. The van der Waals surface area contributed by atoms with Crippen LogP contribution in [0, 0.1) is 12.8 Å². The van der Waals surface area contributed by atoms with Gasteiger partial charge in [-0.15, -0.1) is 0 Å². The van der Waals surface area contributed by atoms with Gasteiger partial charge in [0.1, 0.15) is 5.75 Å². The van der Waals surface area contributed by atoms with Gasteiger partial charge in [0.15, 0.2) is 5.84 Å². The molecule has 1 fully saturated rings. The number of rotatable bonds is 3. The Labute approximate surface area is 114 Å². The third-order valence-electron chi connectivity index (χ3n) is 3.77. The fourth-order valence-corrected chi connectivity index (χ4v) is 2.73. The van der Waals surface area contributed by atoms with Crippen molar-refractivity contribution in [3.63, 3.8) is 0 Å². The zero-order chi connectivity index (χ0) is 13.8. The largest absolute Gasteiger partial charge is 0.490 e. The van der Waals surface area contributed by atoms with Gasteiger partial charge in [0.2, 0.25) is 0 Å². The highest BCUT2D eigenvalue weighted by molar-refractivity contribution is 5.98. The van der Waals surface area contributed by atoms with Crippen LogP contribution in [0.5, 0.6) is 5.75 Å². The van der Waals surface area contributed by atoms with Crippen LogP contribution in [0.2, 0.25) is 0 Å². The lowest BCUT2D eigenvalue weighted by atomic mass is 9.89. The van der Waals surface area contributed by atoms with Gasteiger partial charge in [-0.1, -0.05) is 18.5 Å². The molecule has 4 heteroatoms. The van der Waals surface area contributed by atoms with Crippen molar-refractivity contribution in [2.75, 3.05) is 0 Å². The monoisotopic (exact) mass is 262 g/mol. The molecule has 1 aromatic rings. The van der Waals surface area contributed by atoms with Crippen molar-refractivity contribution in [1.82, 2.24) is 0 Å². The second-order valence-electron chi connectivity index (χ2n) is 5.47. The fourth-order valence-electron chi connectivity index (χ4n) is 2.73. The van der Waals surface area contributed by atoms with Crippen LogP contribution in [-0.4, -0.2) is 17.1 Å². The molecule has 3 N–H and O–H groups in total. The predicted molar refractivity (Wildman–Crippen MR) is 75.7 cm³/mol. The van der Waals surface area contributed by atoms with Gasteiger partial charge >= 0.3 is 0 Å². The number of ether oxygens (including phenoxy) is 1. The summed E-state index contributed by atoms with van der Waals surface area (Å²) in [4.78, 5) is 0. The van der Waals surface area contributed by atoms with E-state index in [9.17, 15) is 0 Å². The van der Waals surface area contributed by atoms with Crippen LogP contribution < -0.4 is 10.5 Å². The van der Waals surface area contributed by atoms with E-state index in [1.54, 1.807) is 0 Å². The Morgan fingerprint density at radius 2 is 2.21 bits per heavy atom. The number of hydrogen-bond donors (Lipinski definition) is 2. The molecule has 0 heterocycles. The summed E-state index contributed by atoms with van der Waals surface area (Å²) >= 11 is 0. The molecule has 0 amide bonds. The summed E-state index contributed by atoms with van der Waals surface area (Å²) in [6.07, 6.45) is 5.12. The molecule has 19 heavy (non-hydrogen) atoms. The molecule has 2 unspecified atom stereocenters. The Bertz CT molecular complexity index is 471. The summed E-state index contributed by atoms with van der Waals surface area (Å²) < 4.78 is 6.03. The zero-order valence-electron chi connectivity index (χ0n) is 11.6. The molecule has 0 saturated heterocycles. The van der Waals surface area contributed by atoms with Gasteiger partial charge < -0.3 is 15.7 Å². The van der Waals surface area contributed by atoms with Crippen LogP contribution in [0.1, 0.15) is 43.7 Å². The minimum Gasteiger partial charge on any atom is -0.490 e. The second kappa shape index (κ2) is 5.95. The summed E-state index contributed by atoms with van der Waals surface area (Å²) in [5.74, 6) is 1.75. The van der Waals surface area contributed by atoms with Crippen molar-refractivity contribution in [3.05, 3.63) is 29.3 Å². The van der Waals surface area contributed by atoms with Gasteiger partial charge in [0.25, 0.3) is 0 Å². The van der Waals surface area contributed by atoms with E-state index in [-0.39, 0.29) is 5.84 Å². The molecule has 2 atom stereocenters. The molecule has 0 radical (unpaired) electrons. The Morgan fingerprint density at radius 3 is 2.84 bits per heavy atom. The van der Waals surface area contributed by atoms with Crippen molar-refractivity contribution < 1.29 is 9.94 Å². The first kappa shape index (κ1) is 13.7. The number of nitrogens with zero attached hydrogens (tertiary/aromatic N) is 1. The van der Waals surface area contributed by atoms with Crippen LogP contribution in [0.25, 0.3) is 0 Å². The third kappa shape index (κ3) is 3.40. The molecule has 1 aliphatic rings. The normalized spacial score (nSPS) is 24.2. The molecule has 0 aliphatic heterocycles. The molecular formula is C15H22N2O2. The van der Waals surface area contributed by atoms with Gasteiger partial charge in [-0.25, -0.2) is 0 Å². The van der Waals surface area contributed by atoms with Crippen LogP contribution in [0.3, 0.4) is 0 Å². The van der Waals surface area contributed by atoms with E-state index in [1.807, 2.05) is 25.1 Å². The Hall–Kier alpha value is -1.71. The number of nitrogens with two attached hydrogens (primary N) is 1. The minimum absolute atomic E-state index is 0.135. The maximum Gasteiger partial charge on any atom is 0.170 e. The van der Waals surface area contributed by atoms with Crippen LogP contribution in [0.4, 0.5) is 0 Å². The Kier molecular flexibility index (Phi) is 4.30. The van der Waals surface area contributed by atoms with E-state index in [0.29, 0.717) is 6.10 Å². The standard InChI is InChI=1S/C15H22N2O2/c1-10-4-3-5-12(8-10)19-13-6-7-14(11(2)9-13)15(16)17-18/h6-7,9-10,12,18H,3-5,8H2,1-2H3,(H2,16,17). The van der Waals surface area contributed by atoms with E-state index in [2.05, 4.69) is 12.1 Å². The average Bonchev–Trinajstić information content (AvgIpc) is 2.38. The number of amidine groups is 1. The van der Waals surface area contributed by atoms with E-state index in [4.69, 9.17) is 15.7 Å². The van der Waals surface area contributed by atoms with Crippen molar-refractivity contribution >= 4 is 5.84 Å². The average molecular weight is 262 g/mol. The first-order chi connectivity index (χ1) is 9.10. The van der Waals surface area contributed by atoms with E-state index in [1.165, 1.54) is 12.8 Å². The SMILES string of the molecule is Cc1cc(OC2CCCC(C)C2)ccc1/C(N)=N/O. The summed E-state index contributed by atoms with van der Waals surface area (Å²) in [5.41, 5.74) is 7.30. The smallest absolute Gasteiger partial charge is 0.170 e. The number of oxime groups is 1. The molecule has 104 valence electrons. The fraction of sp³-hybridized carbons (Fsp3) is 0.533. The zero-order valence-corrected chi connectivity index (χ0v) is 11.6. The van der Waals surface area contributed by atoms with E-state index < -0.39 is 0 Å². The lowest BCUT2D eigenvalue weighted by Crippen LogP contribution is -2.24. The first-order valence-electron chi connectivity index (χ1n) is 6.85. The summed E-state index contributed by atoms with van der Waals surface area (Å²) in [6.45, 7) is 4.21. The molecule has 1 saturated carbocycles. The van der Waals surface area contributed by atoms with E-state index in [0.717, 1.165) is 35.6 Å². The van der Waals surface area contributed by atoms with E-state index >= 15 is 0 Å². The minimum atomic E-state index is 0.135. The maximum atomic E-state index is 8.70. The van der Waals surface area contributed by atoms with Gasteiger partial charge in [0, 0.05) is 5.56 Å². The first-order valence-corrected chi connectivity index (χ1v) is 6.85. The lowest BCUT2D eigenvalue weighted by Gasteiger charge is -2.27. The molecule has 4 nitrogen and oxygen atoms in total. The van der Waals surface area contributed by atoms with Crippen molar-refractivity contribution in [1.29, 1.82) is 0 Å². The van der Waals surface area contributed by atoms with Crippen molar-refractivity contribution in [2.24, 2.45) is 16.8 Å². The number of benzene rings is 1. The van der Waals surface area contributed by atoms with Crippen molar-refractivity contribution in [3.8, 4) is 5.75 Å². The summed E-state index contributed by atoms with van der Waals surface area (Å²) in [6, 6.07) is 5.68. The van der Waals surface area contributed by atoms with Gasteiger partial charge in [-0.3, -0.25) is 0 Å². The Morgan fingerprint density at radius 1 is 1.42 bits per heavy atom. The summed E-state index contributed by atoms with van der Waals surface area (Å²) in [5, 5.41) is 11.7. The summed E-state index contributed by atoms with van der Waals surface area (Å²) in [7, 11) is 0. The highest BCUT2D eigenvalue weighted by Crippen LogP contribution is 2.28. The van der Waals surface area contributed by atoms with Crippen LogP contribution in [-0.2, 0) is 0 Å². The topological polar surface area (TPSA) is 67.8 Å². The lowest BCUT2D eigenvalue weighted by molar-refractivity contribution is 0.129. The quantitative estimate of drug-likeness (QED) is 0.381. The molecule has 0 aromatic heterocycles. The van der Waals surface area contributed by atoms with Crippen LogP contribution in [0.15, 0.2) is 23.4 Å². The molecule has 2 rings (SSSR count). The number of aryl methyl sites for hydroxylation is 1. The second-order valence-corrected chi connectivity index (χ2v) is 5.47. The molecule has 1 aliphatic carbocycles. The Balaban J connectivity index is 2.07. The highest BCUT2D eigenvalue weighted by atomic mass is 16.5. The third-order valence-corrected chi connectivity index (χ3v) is 3.77. The van der Waals surface area contributed by atoms with Gasteiger partial charge in [-0.05, 0) is 55.9 Å². The highest BCUT2D eigenvalue weighted by Gasteiger charge is 2.20. The molecule has 0 bridgehead atoms. The molecular weight excluding hydrogens is 240 g/mol. The molecule has 1 aromatic carbocycles. The maximum absolute atomic E-state index is 8.70. The van der Waals surface area contributed by atoms with Gasteiger partial charge in [0.05, 0.1) is 6.10 Å². The van der Waals surface area contributed by atoms with Gasteiger partial charge in [-0.2, -0.15) is 0 Å². The predicted octanol–water partition coefficient (Wildman–Crippen LogP) is 3.05. The van der Waals surface area contributed by atoms with Crippen molar-refractivity contribution in [2.45, 2.75) is 45.6 Å². The molecule has 0 spiro atoms.